The average Bonchev–Trinajstić information content (AvgIpc) is 2.82. The van der Waals surface area contributed by atoms with Crippen molar-refractivity contribution in [3.8, 4) is 5.75 Å². The zero-order valence-corrected chi connectivity index (χ0v) is 11.4. The zero-order valence-electron chi connectivity index (χ0n) is 11.4. The fourth-order valence-electron chi connectivity index (χ4n) is 1.78. The van der Waals surface area contributed by atoms with E-state index in [1.807, 2.05) is 13.1 Å². The first-order valence-electron chi connectivity index (χ1n) is 6.37. The molecule has 0 spiro atoms. The van der Waals surface area contributed by atoms with Crippen molar-refractivity contribution in [3.63, 3.8) is 0 Å². The van der Waals surface area contributed by atoms with Crippen LogP contribution in [0.15, 0.2) is 36.5 Å². The molecule has 3 N–H and O–H groups in total. The number of hydrogen-bond acceptors (Lipinski definition) is 4. The molecule has 0 aliphatic rings. The number of amides is 1. The molecule has 0 saturated heterocycles. The van der Waals surface area contributed by atoms with Gasteiger partial charge in [0.1, 0.15) is 5.75 Å². The summed E-state index contributed by atoms with van der Waals surface area (Å²) in [5, 5.41) is 6.86. The lowest BCUT2D eigenvalue weighted by Crippen LogP contribution is -2.30. The molecule has 1 aromatic heterocycles. The van der Waals surface area contributed by atoms with Crippen LogP contribution in [0.5, 0.6) is 5.75 Å². The largest absolute Gasteiger partial charge is 0.484 e. The SMILES string of the molecule is Cn1nccc1CCNC(=O)COc1cccc(N)c1. The number of carbonyl (C=O) groups excluding carboxylic acids is 1. The second kappa shape index (κ2) is 6.60. The summed E-state index contributed by atoms with van der Waals surface area (Å²) in [6.45, 7) is 0.535. The van der Waals surface area contributed by atoms with Crippen molar-refractivity contribution in [2.75, 3.05) is 18.9 Å². The summed E-state index contributed by atoms with van der Waals surface area (Å²) in [7, 11) is 1.88. The summed E-state index contributed by atoms with van der Waals surface area (Å²) in [6.07, 6.45) is 2.47. The molecule has 1 heterocycles. The predicted molar refractivity (Wildman–Crippen MR) is 76.3 cm³/mol. The molecule has 0 unspecified atom stereocenters. The molecule has 6 nitrogen and oxygen atoms in total. The van der Waals surface area contributed by atoms with Gasteiger partial charge in [0.15, 0.2) is 6.61 Å². The number of ether oxygens (including phenoxy) is 1. The first kappa shape index (κ1) is 13.9. The molecular weight excluding hydrogens is 256 g/mol. The fourth-order valence-corrected chi connectivity index (χ4v) is 1.78. The Morgan fingerprint density at radius 3 is 3.00 bits per heavy atom. The molecule has 1 amide bonds. The lowest BCUT2D eigenvalue weighted by molar-refractivity contribution is -0.123. The number of rotatable bonds is 6. The topological polar surface area (TPSA) is 82.2 Å². The standard InChI is InChI=1S/C14H18N4O2/c1-18-12(6-8-17-18)5-7-16-14(19)10-20-13-4-2-3-11(15)9-13/h2-4,6,8-9H,5,7,10,15H2,1H3,(H,16,19). The van der Waals surface area contributed by atoms with Crippen LogP contribution in [0.4, 0.5) is 5.69 Å². The van der Waals surface area contributed by atoms with Crippen molar-refractivity contribution in [2.45, 2.75) is 6.42 Å². The number of nitrogens with zero attached hydrogens (tertiary/aromatic N) is 2. The van der Waals surface area contributed by atoms with Gasteiger partial charge < -0.3 is 15.8 Å². The van der Waals surface area contributed by atoms with E-state index in [1.165, 1.54) is 0 Å². The molecule has 2 rings (SSSR count). The number of hydrogen-bond donors (Lipinski definition) is 2. The van der Waals surface area contributed by atoms with Gasteiger partial charge in [-0.25, -0.2) is 0 Å². The molecular formula is C14H18N4O2. The highest BCUT2D eigenvalue weighted by molar-refractivity contribution is 5.77. The van der Waals surface area contributed by atoms with E-state index in [0.29, 0.717) is 18.0 Å². The van der Waals surface area contributed by atoms with Gasteiger partial charge in [-0.05, 0) is 18.2 Å². The van der Waals surface area contributed by atoms with Gasteiger partial charge >= 0.3 is 0 Å². The average molecular weight is 274 g/mol. The number of carbonyl (C=O) groups is 1. The van der Waals surface area contributed by atoms with Gasteiger partial charge in [0.2, 0.25) is 0 Å². The second-order valence-electron chi connectivity index (χ2n) is 4.41. The number of nitrogen functional groups attached to an aromatic ring is 1. The minimum Gasteiger partial charge on any atom is -0.484 e. The van der Waals surface area contributed by atoms with Crippen LogP contribution in [0.25, 0.3) is 0 Å². The van der Waals surface area contributed by atoms with E-state index < -0.39 is 0 Å². The van der Waals surface area contributed by atoms with Crippen LogP contribution in [0.3, 0.4) is 0 Å². The molecule has 0 radical (unpaired) electrons. The van der Waals surface area contributed by atoms with Crippen LogP contribution in [0, 0.1) is 0 Å². The van der Waals surface area contributed by atoms with E-state index in [0.717, 1.165) is 12.1 Å². The third-order valence-electron chi connectivity index (χ3n) is 2.85. The normalized spacial score (nSPS) is 10.2. The minimum absolute atomic E-state index is 0.0190. The van der Waals surface area contributed by atoms with Gasteiger partial charge in [-0.15, -0.1) is 0 Å². The van der Waals surface area contributed by atoms with Crippen LogP contribution in [0.1, 0.15) is 5.69 Å². The number of nitrogens with one attached hydrogen (secondary N) is 1. The fraction of sp³-hybridized carbons (Fsp3) is 0.286. The van der Waals surface area contributed by atoms with Crippen LogP contribution in [0.2, 0.25) is 0 Å². The van der Waals surface area contributed by atoms with Crippen molar-refractivity contribution >= 4 is 11.6 Å². The number of aryl methyl sites for hydroxylation is 1. The maximum absolute atomic E-state index is 11.6. The molecule has 1 aromatic carbocycles. The molecule has 106 valence electrons. The molecule has 0 bridgehead atoms. The quantitative estimate of drug-likeness (QED) is 0.761. The molecule has 20 heavy (non-hydrogen) atoms. The van der Waals surface area contributed by atoms with Gasteiger partial charge in [-0.2, -0.15) is 5.10 Å². The minimum atomic E-state index is -0.158. The Labute approximate surface area is 117 Å². The van der Waals surface area contributed by atoms with Crippen LogP contribution in [-0.4, -0.2) is 28.8 Å². The van der Waals surface area contributed by atoms with Crippen molar-refractivity contribution in [1.82, 2.24) is 15.1 Å². The zero-order chi connectivity index (χ0) is 14.4. The maximum Gasteiger partial charge on any atom is 0.257 e. The first-order chi connectivity index (χ1) is 9.65. The Kier molecular flexibility index (Phi) is 4.60. The lowest BCUT2D eigenvalue weighted by atomic mass is 10.3. The van der Waals surface area contributed by atoms with Gasteiger partial charge in [0.25, 0.3) is 5.91 Å². The molecule has 0 fully saturated rings. The third kappa shape index (κ3) is 4.01. The highest BCUT2D eigenvalue weighted by Crippen LogP contribution is 2.13. The van der Waals surface area contributed by atoms with Gasteiger partial charge in [0.05, 0.1) is 0 Å². The Balaban J connectivity index is 1.69. The number of anilines is 1. The van der Waals surface area contributed by atoms with Crippen LogP contribution in [-0.2, 0) is 18.3 Å². The Morgan fingerprint density at radius 1 is 1.45 bits per heavy atom. The van der Waals surface area contributed by atoms with Gasteiger partial charge in [-0.3, -0.25) is 9.48 Å². The van der Waals surface area contributed by atoms with E-state index >= 15 is 0 Å². The molecule has 6 heteroatoms. The van der Waals surface area contributed by atoms with E-state index in [4.69, 9.17) is 10.5 Å². The number of benzene rings is 1. The summed E-state index contributed by atoms with van der Waals surface area (Å²) < 4.78 is 7.14. The van der Waals surface area contributed by atoms with E-state index in [1.54, 1.807) is 35.1 Å². The number of nitrogens with two attached hydrogens (primary N) is 1. The molecule has 0 saturated carbocycles. The molecule has 0 atom stereocenters. The highest BCUT2D eigenvalue weighted by Gasteiger charge is 2.04. The van der Waals surface area contributed by atoms with Gasteiger partial charge in [-0.1, -0.05) is 6.07 Å². The monoisotopic (exact) mass is 274 g/mol. The summed E-state index contributed by atoms with van der Waals surface area (Å²) in [5.41, 5.74) is 7.31. The Morgan fingerprint density at radius 2 is 2.30 bits per heavy atom. The van der Waals surface area contributed by atoms with Crippen molar-refractivity contribution in [1.29, 1.82) is 0 Å². The summed E-state index contributed by atoms with van der Waals surface area (Å²) in [4.78, 5) is 11.6. The maximum atomic E-state index is 11.6. The van der Waals surface area contributed by atoms with Crippen LogP contribution < -0.4 is 15.8 Å². The Bertz CT molecular complexity index is 580. The summed E-state index contributed by atoms with van der Waals surface area (Å²) in [5.74, 6) is 0.432. The van der Waals surface area contributed by atoms with Crippen molar-refractivity contribution < 1.29 is 9.53 Å². The third-order valence-corrected chi connectivity index (χ3v) is 2.85. The van der Waals surface area contributed by atoms with Crippen molar-refractivity contribution in [3.05, 3.63) is 42.2 Å². The van der Waals surface area contributed by atoms with E-state index in [2.05, 4.69) is 10.4 Å². The predicted octanol–water partition coefficient (Wildman–Crippen LogP) is 0.740. The summed E-state index contributed by atoms with van der Waals surface area (Å²) >= 11 is 0. The van der Waals surface area contributed by atoms with Crippen molar-refractivity contribution in [2.24, 2.45) is 7.05 Å². The Hall–Kier alpha value is -2.50. The van der Waals surface area contributed by atoms with Gasteiger partial charge in [0, 0.05) is 43.7 Å². The lowest BCUT2D eigenvalue weighted by Gasteiger charge is -2.08. The smallest absolute Gasteiger partial charge is 0.257 e. The van der Waals surface area contributed by atoms with Crippen LogP contribution >= 0.6 is 0 Å². The molecule has 0 aliphatic carbocycles. The first-order valence-corrected chi connectivity index (χ1v) is 6.37. The van der Waals surface area contributed by atoms with E-state index in [9.17, 15) is 4.79 Å². The molecule has 2 aromatic rings. The second-order valence-corrected chi connectivity index (χ2v) is 4.41. The highest BCUT2D eigenvalue weighted by atomic mass is 16.5. The summed E-state index contributed by atoms with van der Waals surface area (Å²) in [6, 6.07) is 8.92. The molecule has 0 aliphatic heterocycles. The number of aromatic nitrogens is 2. The van der Waals surface area contributed by atoms with E-state index in [-0.39, 0.29) is 12.5 Å².